The van der Waals surface area contributed by atoms with Gasteiger partial charge in [-0.3, -0.25) is 0 Å². The van der Waals surface area contributed by atoms with Crippen molar-refractivity contribution in [3.8, 4) is 5.69 Å². The second kappa shape index (κ2) is 3.94. The first kappa shape index (κ1) is 10.6. The number of hydrogen-bond donors (Lipinski definition) is 1. The topological polar surface area (TPSA) is 68.0 Å². The Morgan fingerprint density at radius 1 is 1.50 bits per heavy atom. The van der Waals surface area contributed by atoms with Gasteiger partial charge in [0.15, 0.2) is 0 Å². The van der Waals surface area contributed by atoms with Crippen LogP contribution in [0.1, 0.15) is 16.2 Å². The number of aromatic carboxylic acids is 1. The third-order valence-corrected chi connectivity index (χ3v) is 2.35. The molecule has 0 fully saturated rings. The number of pyridine rings is 1. The fourth-order valence-electron chi connectivity index (χ4n) is 1.28. The lowest BCUT2D eigenvalue weighted by molar-refractivity contribution is 0.0690. The van der Waals surface area contributed by atoms with Gasteiger partial charge in [-0.1, -0.05) is 11.6 Å². The average molecular weight is 238 g/mol. The standard InChI is InChI=1S/C10H8ClN3O2/c1-6-4-14(5-13-6)9-3-12-8(10(15)16)2-7(9)11/h2-5H,1H3,(H,15,16). The molecule has 0 aliphatic rings. The van der Waals surface area contributed by atoms with Crippen LogP contribution in [0.15, 0.2) is 24.8 Å². The minimum atomic E-state index is -1.10. The summed E-state index contributed by atoms with van der Waals surface area (Å²) in [6, 6.07) is 1.31. The van der Waals surface area contributed by atoms with Crippen molar-refractivity contribution in [2.45, 2.75) is 6.92 Å². The molecular formula is C10H8ClN3O2. The van der Waals surface area contributed by atoms with Crippen LogP contribution in [-0.4, -0.2) is 25.6 Å². The predicted molar refractivity (Wildman–Crippen MR) is 58.1 cm³/mol. The summed E-state index contributed by atoms with van der Waals surface area (Å²) in [5.41, 5.74) is 1.37. The van der Waals surface area contributed by atoms with Gasteiger partial charge in [-0.15, -0.1) is 0 Å². The van der Waals surface area contributed by atoms with Crippen molar-refractivity contribution >= 4 is 17.6 Å². The largest absolute Gasteiger partial charge is 0.477 e. The highest BCUT2D eigenvalue weighted by Crippen LogP contribution is 2.20. The number of carboxylic acid groups (broad SMARTS) is 1. The zero-order chi connectivity index (χ0) is 11.7. The molecule has 2 aromatic heterocycles. The van der Waals surface area contributed by atoms with E-state index in [9.17, 15) is 4.79 Å². The van der Waals surface area contributed by atoms with E-state index < -0.39 is 5.97 Å². The van der Waals surface area contributed by atoms with E-state index in [0.717, 1.165) is 5.69 Å². The van der Waals surface area contributed by atoms with E-state index >= 15 is 0 Å². The van der Waals surface area contributed by atoms with Gasteiger partial charge in [-0.05, 0) is 13.0 Å². The molecule has 0 atom stereocenters. The molecule has 0 aliphatic heterocycles. The van der Waals surface area contributed by atoms with Crippen LogP contribution in [0, 0.1) is 6.92 Å². The zero-order valence-electron chi connectivity index (χ0n) is 8.38. The summed E-state index contributed by atoms with van der Waals surface area (Å²) >= 11 is 5.97. The van der Waals surface area contributed by atoms with Gasteiger partial charge in [0.1, 0.15) is 5.69 Å². The second-order valence-electron chi connectivity index (χ2n) is 3.25. The summed E-state index contributed by atoms with van der Waals surface area (Å²) in [6.07, 6.45) is 4.79. The maximum absolute atomic E-state index is 10.7. The molecule has 1 N–H and O–H groups in total. The number of carboxylic acids is 1. The molecule has 82 valence electrons. The molecule has 0 saturated heterocycles. The normalized spacial score (nSPS) is 10.4. The van der Waals surface area contributed by atoms with Gasteiger partial charge in [-0.25, -0.2) is 14.8 Å². The number of rotatable bonds is 2. The highest BCUT2D eigenvalue weighted by molar-refractivity contribution is 6.32. The molecule has 0 aromatic carbocycles. The van der Waals surface area contributed by atoms with Crippen molar-refractivity contribution in [2.24, 2.45) is 0 Å². The van der Waals surface area contributed by atoms with Gasteiger partial charge in [0.2, 0.25) is 0 Å². The Bertz CT molecular complexity index is 551. The van der Waals surface area contributed by atoms with Crippen molar-refractivity contribution in [1.29, 1.82) is 0 Å². The predicted octanol–water partition coefficient (Wildman–Crippen LogP) is 1.93. The van der Waals surface area contributed by atoms with Gasteiger partial charge in [0.05, 0.1) is 28.9 Å². The van der Waals surface area contributed by atoms with Crippen LogP contribution in [0.25, 0.3) is 5.69 Å². The molecule has 0 saturated carbocycles. The minimum Gasteiger partial charge on any atom is -0.477 e. The number of aromatic nitrogens is 3. The summed E-state index contributed by atoms with van der Waals surface area (Å²) in [5.74, 6) is -1.10. The number of hydrogen-bond acceptors (Lipinski definition) is 3. The number of halogens is 1. The highest BCUT2D eigenvalue weighted by Gasteiger charge is 2.09. The van der Waals surface area contributed by atoms with Gasteiger partial charge in [0.25, 0.3) is 0 Å². The highest BCUT2D eigenvalue weighted by atomic mass is 35.5. The molecule has 2 aromatic rings. The first-order chi connectivity index (χ1) is 7.58. The zero-order valence-corrected chi connectivity index (χ0v) is 9.14. The van der Waals surface area contributed by atoms with E-state index in [-0.39, 0.29) is 5.69 Å². The maximum Gasteiger partial charge on any atom is 0.354 e. The SMILES string of the molecule is Cc1cn(-c2cnc(C(=O)O)cc2Cl)cn1. The molecule has 0 amide bonds. The average Bonchev–Trinajstić information content (AvgIpc) is 2.64. The fraction of sp³-hybridized carbons (Fsp3) is 0.100. The first-order valence-corrected chi connectivity index (χ1v) is 4.85. The quantitative estimate of drug-likeness (QED) is 0.867. The molecule has 5 nitrogen and oxygen atoms in total. The summed E-state index contributed by atoms with van der Waals surface area (Å²) in [6.45, 7) is 1.85. The van der Waals surface area contributed by atoms with E-state index in [1.54, 1.807) is 17.1 Å². The van der Waals surface area contributed by atoms with Crippen LogP contribution in [-0.2, 0) is 0 Å². The molecule has 0 radical (unpaired) electrons. The lowest BCUT2D eigenvalue weighted by Gasteiger charge is -2.04. The first-order valence-electron chi connectivity index (χ1n) is 4.48. The van der Waals surface area contributed by atoms with E-state index in [2.05, 4.69) is 9.97 Å². The van der Waals surface area contributed by atoms with Gasteiger partial charge in [-0.2, -0.15) is 0 Å². The summed E-state index contributed by atoms with van der Waals surface area (Å²) in [5, 5.41) is 9.06. The summed E-state index contributed by atoms with van der Waals surface area (Å²) < 4.78 is 1.69. The van der Waals surface area contributed by atoms with Crippen molar-refractivity contribution in [3.63, 3.8) is 0 Å². The number of carbonyl (C=O) groups is 1. The van der Waals surface area contributed by atoms with Crippen molar-refractivity contribution < 1.29 is 9.90 Å². The van der Waals surface area contributed by atoms with Crippen molar-refractivity contribution in [1.82, 2.24) is 14.5 Å². The maximum atomic E-state index is 10.7. The van der Waals surface area contributed by atoms with Gasteiger partial charge < -0.3 is 9.67 Å². The number of nitrogens with zero attached hydrogens (tertiary/aromatic N) is 3. The summed E-state index contributed by atoms with van der Waals surface area (Å²) in [7, 11) is 0. The Morgan fingerprint density at radius 3 is 2.75 bits per heavy atom. The molecular weight excluding hydrogens is 230 g/mol. The van der Waals surface area contributed by atoms with Crippen LogP contribution < -0.4 is 0 Å². The van der Waals surface area contributed by atoms with E-state index in [1.165, 1.54) is 12.3 Å². The van der Waals surface area contributed by atoms with Crippen molar-refractivity contribution in [2.75, 3.05) is 0 Å². The molecule has 6 heteroatoms. The lowest BCUT2D eigenvalue weighted by Crippen LogP contribution is -2.02. The monoisotopic (exact) mass is 237 g/mol. The Kier molecular flexibility index (Phi) is 2.62. The van der Waals surface area contributed by atoms with Crippen LogP contribution in [0.5, 0.6) is 0 Å². The lowest BCUT2D eigenvalue weighted by atomic mass is 10.3. The van der Waals surface area contributed by atoms with E-state index in [4.69, 9.17) is 16.7 Å². The fourth-order valence-corrected chi connectivity index (χ4v) is 1.53. The van der Waals surface area contributed by atoms with Crippen LogP contribution in [0.4, 0.5) is 0 Å². The van der Waals surface area contributed by atoms with Crippen LogP contribution in [0.2, 0.25) is 5.02 Å². The molecule has 0 bridgehead atoms. The Hall–Kier alpha value is -1.88. The smallest absolute Gasteiger partial charge is 0.354 e. The van der Waals surface area contributed by atoms with Crippen molar-refractivity contribution in [3.05, 3.63) is 41.2 Å². The molecule has 0 aliphatic carbocycles. The molecule has 16 heavy (non-hydrogen) atoms. The molecule has 2 heterocycles. The Morgan fingerprint density at radius 2 is 2.25 bits per heavy atom. The molecule has 2 rings (SSSR count). The molecule has 0 spiro atoms. The number of aryl methyl sites for hydroxylation is 1. The third kappa shape index (κ3) is 1.90. The van der Waals surface area contributed by atoms with Gasteiger partial charge in [0, 0.05) is 6.20 Å². The Labute approximate surface area is 96.3 Å². The minimum absolute atomic E-state index is 0.0782. The van der Waals surface area contributed by atoms with Crippen LogP contribution in [0.3, 0.4) is 0 Å². The van der Waals surface area contributed by atoms with Crippen LogP contribution >= 0.6 is 11.6 Å². The Balaban J connectivity index is 2.47. The molecule has 0 unspecified atom stereocenters. The van der Waals surface area contributed by atoms with E-state index in [0.29, 0.717) is 10.7 Å². The second-order valence-corrected chi connectivity index (χ2v) is 3.66. The van der Waals surface area contributed by atoms with Gasteiger partial charge >= 0.3 is 5.97 Å². The third-order valence-electron chi connectivity index (χ3n) is 2.04. The number of imidazole rings is 1. The summed E-state index contributed by atoms with van der Waals surface area (Å²) in [4.78, 5) is 18.5. The van der Waals surface area contributed by atoms with E-state index in [1.807, 2.05) is 6.92 Å².